The van der Waals surface area contributed by atoms with Crippen molar-refractivity contribution in [1.82, 2.24) is 0 Å². The summed E-state index contributed by atoms with van der Waals surface area (Å²) in [6, 6.07) is 12.9. The van der Waals surface area contributed by atoms with E-state index in [-0.39, 0.29) is 5.91 Å². The normalized spacial score (nSPS) is 16.4. The van der Waals surface area contributed by atoms with Crippen molar-refractivity contribution in [3.05, 3.63) is 57.5 Å². The highest BCUT2D eigenvalue weighted by Crippen LogP contribution is 2.29. The van der Waals surface area contributed by atoms with E-state index in [0.717, 1.165) is 15.8 Å². The van der Waals surface area contributed by atoms with Crippen molar-refractivity contribution in [3.8, 4) is 5.75 Å². The average Bonchev–Trinajstić information content (AvgIpc) is 2.87. The minimum Gasteiger partial charge on any atom is -0.480 e. The molecule has 20 heavy (non-hydrogen) atoms. The third-order valence-electron chi connectivity index (χ3n) is 3.13. The van der Waals surface area contributed by atoms with E-state index in [9.17, 15) is 4.79 Å². The molecule has 0 aromatic heterocycles. The topological polar surface area (TPSA) is 38.3 Å². The number of para-hydroxylation sites is 1. The van der Waals surface area contributed by atoms with Gasteiger partial charge in [0.1, 0.15) is 5.75 Å². The summed E-state index contributed by atoms with van der Waals surface area (Å²) in [5.74, 6) is 0.625. The van der Waals surface area contributed by atoms with Gasteiger partial charge in [0.2, 0.25) is 0 Å². The Bertz CT molecular complexity index is 650. The molecule has 0 aliphatic carbocycles. The van der Waals surface area contributed by atoms with Crippen LogP contribution in [0, 0.1) is 0 Å². The summed E-state index contributed by atoms with van der Waals surface area (Å²) in [5, 5.41) is 3.44. The van der Waals surface area contributed by atoms with Gasteiger partial charge in [-0.05, 0) is 45.8 Å². The monoisotopic (exact) mass is 351 g/mol. The molecule has 1 aliphatic rings. The zero-order chi connectivity index (χ0) is 14.1. The molecule has 0 saturated heterocycles. The standard InChI is InChI=1S/C15H11BrClNO2/c16-11-8-10(5-6-12(11)17)18-15(19)14-7-9-3-1-2-4-13(9)20-14/h1-6,8,14H,7H2,(H,18,19). The number of benzene rings is 2. The van der Waals surface area contributed by atoms with Crippen molar-refractivity contribution in [3.63, 3.8) is 0 Å². The quantitative estimate of drug-likeness (QED) is 0.885. The van der Waals surface area contributed by atoms with Crippen LogP contribution in [-0.4, -0.2) is 12.0 Å². The van der Waals surface area contributed by atoms with Gasteiger partial charge >= 0.3 is 0 Å². The largest absolute Gasteiger partial charge is 0.480 e. The molecule has 1 N–H and O–H groups in total. The number of amides is 1. The summed E-state index contributed by atoms with van der Waals surface area (Å²) >= 11 is 9.25. The molecule has 1 unspecified atom stereocenters. The van der Waals surface area contributed by atoms with Crippen LogP contribution < -0.4 is 10.1 Å². The summed E-state index contributed by atoms with van der Waals surface area (Å²) in [6.45, 7) is 0. The molecule has 3 nitrogen and oxygen atoms in total. The molecular formula is C15H11BrClNO2. The average molecular weight is 353 g/mol. The number of carbonyl (C=O) groups excluding carboxylic acids is 1. The van der Waals surface area contributed by atoms with E-state index in [4.69, 9.17) is 16.3 Å². The molecule has 1 aliphatic heterocycles. The van der Waals surface area contributed by atoms with E-state index in [1.165, 1.54) is 0 Å². The number of rotatable bonds is 2. The Kier molecular flexibility index (Phi) is 3.68. The fourth-order valence-electron chi connectivity index (χ4n) is 2.12. The van der Waals surface area contributed by atoms with Crippen molar-refractivity contribution in [1.29, 1.82) is 0 Å². The van der Waals surface area contributed by atoms with Gasteiger partial charge in [0.05, 0.1) is 5.02 Å². The fraction of sp³-hybridized carbons (Fsp3) is 0.133. The first kappa shape index (κ1) is 13.5. The predicted octanol–water partition coefficient (Wildman–Crippen LogP) is 4.04. The molecular weight excluding hydrogens is 342 g/mol. The van der Waals surface area contributed by atoms with Gasteiger partial charge in [0.25, 0.3) is 5.91 Å². The molecule has 1 amide bonds. The summed E-state index contributed by atoms with van der Waals surface area (Å²) in [5.41, 5.74) is 1.75. The van der Waals surface area contributed by atoms with Crippen molar-refractivity contribution >= 4 is 39.1 Å². The Hall–Kier alpha value is -1.52. The van der Waals surface area contributed by atoms with Gasteiger partial charge in [-0.2, -0.15) is 0 Å². The van der Waals surface area contributed by atoms with Crippen molar-refractivity contribution in [2.24, 2.45) is 0 Å². The molecule has 2 aromatic carbocycles. The highest BCUT2D eigenvalue weighted by molar-refractivity contribution is 9.10. The first-order valence-corrected chi connectivity index (χ1v) is 7.31. The summed E-state index contributed by atoms with van der Waals surface area (Å²) < 4.78 is 6.39. The molecule has 1 atom stereocenters. The molecule has 0 bridgehead atoms. The van der Waals surface area contributed by atoms with Crippen LogP contribution in [0.25, 0.3) is 0 Å². The van der Waals surface area contributed by atoms with Crippen LogP contribution in [0.4, 0.5) is 5.69 Å². The van der Waals surface area contributed by atoms with Gasteiger partial charge in [0, 0.05) is 16.6 Å². The highest BCUT2D eigenvalue weighted by atomic mass is 79.9. The van der Waals surface area contributed by atoms with Crippen LogP contribution in [0.3, 0.4) is 0 Å². The number of hydrogen-bond donors (Lipinski definition) is 1. The van der Waals surface area contributed by atoms with E-state index in [1.54, 1.807) is 18.2 Å². The molecule has 5 heteroatoms. The van der Waals surface area contributed by atoms with E-state index < -0.39 is 6.10 Å². The van der Waals surface area contributed by atoms with Gasteiger partial charge in [-0.15, -0.1) is 0 Å². The molecule has 0 saturated carbocycles. The maximum absolute atomic E-state index is 12.2. The zero-order valence-corrected chi connectivity index (χ0v) is 12.7. The van der Waals surface area contributed by atoms with Crippen LogP contribution in [0.5, 0.6) is 5.75 Å². The first-order valence-electron chi connectivity index (χ1n) is 6.14. The predicted molar refractivity (Wildman–Crippen MR) is 82.3 cm³/mol. The second-order valence-corrected chi connectivity index (χ2v) is 5.80. The van der Waals surface area contributed by atoms with E-state index in [0.29, 0.717) is 17.1 Å². The van der Waals surface area contributed by atoms with E-state index >= 15 is 0 Å². The van der Waals surface area contributed by atoms with Gasteiger partial charge in [-0.3, -0.25) is 4.79 Å². The molecule has 0 spiro atoms. The summed E-state index contributed by atoms with van der Waals surface area (Å²) in [6.07, 6.45) is 0.110. The lowest BCUT2D eigenvalue weighted by atomic mass is 10.1. The van der Waals surface area contributed by atoms with Crippen LogP contribution in [0.1, 0.15) is 5.56 Å². The Balaban J connectivity index is 1.71. The van der Waals surface area contributed by atoms with Crippen molar-refractivity contribution < 1.29 is 9.53 Å². The molecule has 0 radical (unpaired) electrons. The Morgan fingerprint density at radius 3 is 2.85 bits per heavy atom. The minimum absolute atomic E-state index is 0.157. The van der Waals surface area contributed by atoms with E-state index in [1.807, 2.05) is 24.3 Å². The SMILES string of the molecule is O=C(Nc1ccc(Cl)c(Br)c1)C1Cc2ccccc2O1. The number of hydrogen-bond acceptors (Lipinski definition) is 2. The Labute approximate surface area is 130 Å². The second kappa shape index (κ2) is 5.46. The van der Waals surface area contributed by atoms with Crippen LogP contribution in [0.2, 0.25) is 5.02 Å². The van der Waals surface area contributed by atoms with Gasteiger partial charge < -0.3 is 10.1 Å². The minimum atomic E-state index is -0.484. The fourth-order valence-corrected chi connectivity index (χ4v) is 2.62. The molecule has 1 heterocycles. The summed E-state index contributed by atoms with van der Waals surface area (Å²) in [4.78, 5) is 12.2. The maximum atomic E-state index is 12.2. The molecule has 0 fully saturated rings. The lowest BCUT2D eigenvalue weighted by Gasteiger charge is -2.11. The lowest BCUT2D eigenvalue weighted by molar-refractivity contribution is -0.122. The molecule has 2 aromatic rings. The number of anilines is 1. The number of carbonyl (C=O) groups is 1. The number of ether oxygens (including phenoxy) is 1. The van der Waals surface area contributed by atoms with Crippen LogP contribution in [-0.2, 0) is 11.2 Å². The third-order valence-corrected chi connectivity index (χ3v) is 4.34. The summed E-state index contributed by atoms with van der Waals surface area (Å²) in [7, 11) is 0. The first-order chi connectivity index (χ1) is 9.63. The molecule has 102 valence electrons. The molecule has 3 rings (SSSR count). The van der Waals surface area contributed by atoms with Gasteiger partial charge in [-0.1, -0.05) is 29.8 Å². The van der Waals surface area contributed by atoms with Crippen LogP contribution >= 0.6 is 27.5 Å². The van der Waals surface area contributed by atoms with Gasteiger partial charge in [-0.25, -0.2) is 0 Å². The Morgan fingerprint density at radius 2 is 2.10 bits per heavy atom. The van der Waals surface area contributed by atoms with Crippen LogP contribution in [0.15, 0.2) is 46.9 Å². The van der Waals surface area contributed by atoms with Gasteiger partial charge in [0.15, 0.2) is 6.10 Å². The second-order valence-electron chi connectivity index (χ2n) is 4.54. The number of nitrogens with one attached hydrogen (secondary N) is 1. The third kappa shape index (κ3) is 2.67. The van der Waals surface area contributed by atoms with Crippen molar-refractivity contribution in [2.45, 2.75) is 12.5 Å². The number of halogens is 2. The van der Waals surface area contributed by atoms with Crippen molar-refractivity contribution in [2.75, 3.05) is 5.32 Å². The highest BCUT2D eigenvalue weighted by Gasteiger charge is 2.28. The Morgan fingerprint density at radius 1 is 1.30 bits per heavy atom. The smallest absolute Gasteiger partial charge is 0.265 e. The van der Waals surface area contributed by atoms with E-state index in [2.05, 4.69) is 21.2 Å². The zero-order valence-electron chi connectivity index (χ0n) is 10.4. The maximum Gasteiger partial charge on any atom is 0.265 e. The lowest BCUT2D eigenvalue weighted by Crippen LogP contribution is -2.31. The number of fused-ring (bicyclic) bond motifs is 1.